The summed E-state index contributed by atoms with van der Waals surface area (Å²) in [6.07, 6.45) is 4.75. The summed E-state index contributed by atoms with van der Waals surface area (Å²) in [6, 6.07) is 6.37. The minimum absolute atomic E-state index is 0.0334. The number of piperidine rings is 1. The van der Waals surface area contributed by atoms with Crippen LogP contribution in [-0.2, 0) is 18.8 Å². The fourth-order valence-corrected chi connectivity index (χ4v) is 5.28. The van der Waals surface area contributed by atoms with Crippen LogP contribution < -0.4 is 15.6 Å². The number of methoxy groups -OCH3 is 1. The molecule has 0 aliphatic carbocycles. The highest BCUT2D eigenvalue weighted by Gasteiger charge is 2.33. The molecular formula is C26H31BrN6O6. The summed E-state index contributed by atoms with van der Waals surface area (Å²) < 4.78 is 14.6. The summed E-state index contributed by atoms with van der Waals surface area (Å²) in [5, 5.41) is 19.2. The second-order valence-electron chi connectivity index (χ2n) is 9.87. The lowest BCUT2D eigenvalue weighted by Gasteiger charge is -2.41. The molecule has 39 heavy (non-hydrogen) atoms. The van der Waals surface area contributed by atoms with Gasteiger partial charge in [-0.15, -0.1) is 0 Å². The molecule has 0 saturated carbocycles. The molecule has 1 aliphatic rings. The van der Waals surface area contributed by atoms with Crippen molar-refractivity contribution < 1.29 is 19.2 Å². The van der Waals surface area contributed by atoms with E-state index in [2.05, 4.69) is 38.2 Å². The molecule has 0 spiro atoms. The summed E-state index contributed by atoms with van der Waals surface area (Å²) >= 11 is 3.40. The average Bonchev–Trinajstić information content (AvgIpc) is 3.24. The molecule has 4 rings (SSSR count). The Labute approximate surface area is 233 Å². The standard InChI is InChI=1S/C26H31BrN6O6/c1-26(29-21-13-18(27)6-7-22(21)33(36)37)8-5-9-32(16-26)10-11-39-24-20(14-28-31(24)3)19-12-17(25(35)38-4)15-30(2)23(19)34/h6-7,12-15,29H,5,8-11,16H2,1-4H3. The molecule has 13 heteroatoms. The predicted molar refractivity (Wildman–Crippen MR) is 149 cm³/mol. The maximum absolute atomic E-state index is 12.9. The van der Waals surface area contributed by atoms with Crippen molar-refractivity contribution in [3.63, 3.8) is 0 Å². The van der Waals surface area contributed by atoms with Gasteiger partial charge in [-0.05, 0) is 44.5 Å². The van der Waals surface area contributed by atoms with Gasteiger partial charge >= 0.3 is 5.97 Å². The molecular weight excluding hydrogens is 572 g/mol. The Morgan fingerprint density at radius 2 is 2.05 bits per heavy atom. The molecule has 3 heterocycles. The number of nitrogens with zero attached hydrogens (tertiary/aromatic N) is 5. The van der Waals surface area contributed by atoms with Gasteiger partial charge in [0, 0.05) is 49.5 Å². The molecule has 1 aliphatic heterocycles. The Morgan fingerprint density at radius 3 is 2.77 bits per heavy atom. The van der Waals surface area contributed by atoms with Crippen LogP contribution in [0.4, 0.5) is 11.4 Å². The Bertz CT molecular complexity index is 1450. The SMILES string of the molecule is COC(=O)c1cc(-c2cnn(C)c2OCCN2CCCC(C)(Nc3cc(Br)ccc3[N+](=O)[O-])C2)c(=O)n(C)c1. The average molecular weight is 603 g/mol. The number of rotatable bonds is 9. The van der Waals surface area contributed by atoms with Crippen LogP contribution in [0.5, 0.6) is 5.88 Å². The number of nitrogens with one attached hydrogen (secondary N) is 1. The zero-order valence-electron chi connectivity index (χ0n) is 22.3. The zero-order chi connectivity index (χ0) is 28.3. The Kier molecular flexibility index (Phi) is 8.40. The topological polar surface area (TPSA) is 134 Å². The van der Waals surface area contributed by atoms with E-state index >= 15 is 0 Å². The predicted octanol–water partition coefficient (Wildman–Crippen LogP) is 3.59. The van der Waals surface area contributed by atoms with Crippen LogP contribution >= 0.6 is 15.9 Å². The maximum atomic E-state index is 12.9. The molecule has 3 aromatic rings. The van der Waals surface area contributed by atoms with Gasteiger partial charge in [-0.1, -0.05) is 15.9 Å². The van der Waals surface area contributed by atoms with Gasteiger partial charge in [-0.25, -0.2) is 9.48 Å². The number of aromatic nitrogens is 3. The second-order valence-corrected chi connectivity index (χ2v) is 10.8. The summed E-state index contributed by atoms with van der Waals surface area (Å²) in [5.41, 5.74) is 0.860. The summed E-state index contributed by atoms with van der Waals surface area (Å²) in [7, 11) is 4.58. The van der Waals surface area contributed by atoms with Crippen LogP contribution in [0.1, 0.15) is 30.1 Å². The van der Waals surface area contributed by atoms with Crippen LogP contribution in [0.25, 0.3) is 11.1 Å². The zero-order valence-corrected chi connectivity index (χ0v) is 23.9. The van der Waals surface area contributed by atoms with E-state index in [9.17, 15) is 19.7 Å². The molecule has 0 radical (unpaired) electrons. The van der Waals surface area contributed by atoms with E-state index in [-0.39, 0.29) is 32.8 Å². The first kappa shape index (κ1) is 28.3. The second kappa shape index (κ2) is 11.6. The van der Waals surface area contributed by atoms with Crippen molar-refractivity contribution >= 4 is 33.3 Å². The monoisotopic (exact) mass is 602 g/mol. The van der Waals surface area contributed by atoms with Crippen LogP contribution in [0.3, 0.4) is 0 Å². The normalized spacial score (nSPS) is 17.6. The molecule has 1 aromatic carbocycles. The van der Waals surface area contributed by atoms with Crippen molar-refractivity contribution in [1.82, 2.24) is 19.2 Å². The van der Waals surface area contributed by atoms with Crippen LogP contribution in [0.15, 0.2) is 45.9 Å². The lowest BCUT2D eigenvalue weighted by molar-refractivity contribution is -0.384. The molecule has 1 N–H and O–H groups in total. The largest absolute Gasteiger partial charge is 0.476 e. The third kappa shape index (κ3) is 6.31. The Hall–Kier alpha value is -3.71. The molecule has 1 unspecified atom stereocenters. The highest BCUT2D eigenvalue weighted by atomic mass is 79.9. The van der Waals surface area contributed by atoms with Gasteiger partial charge in [-0.3, -0.25) is 19.8 Å². The molecule has 2 aromatic heterocycles. The first-order valence-corrected chi connectivity index (χ1v) is 13.2. The highest BCUT2D eigenvalue weighted by molar-refractivity contribution is 9.10. The van der Waals surface area contributed by atoms with Gasteiger partial charge in [0.25, 0.3) is 11.2 Å². The first-order valence-electron chi connectivity index (χ1n) is 12.4. The van der Waals surface area contributed by atoms with E-state index < -0.39 is 5.97 Å². The number of anilines is 1. The third-order valence-electron chi connectivity index (χ3n) is 6.79. The minimum Gasteiger partial charge on any atom is -0.476 e. The molecule has 12 nitrogen and oxygen atoms in total. The van der Waals surface area contributed by atoms with Gasteiger partial charge in [0.15, 0.2) is 0 Å². The fraction of sp³-hybridized carbons (Fsp3) is 0.423. The summed E-state index contributed by atoms with van der Waals surface area (Å²) in [5.74, 6) is -0.134. The number of nitro groups is 1. The molecule has 1 saturated heterocycles. The number of nitro benzene ring substituents is 1. The van der Waals surface area contributed by atoms with Crippen molar-refractivity contribution in [2.24, 2.45) is 14.1 Å². The molecule has 1 atom stereocenters. The fourth-order valence-electron chi connectivity index (χ4n) is 4.92. The number of hydrogen-bond acceptors (Lipinski definition) is 9. The van der Waals surface area contributed by atoms with Gasteiger partial charge in [-0.2, -0.15) is 5.10 Å². The molecule has 0 bridgehead atoms. The van der Waals surface area contributed by atoms with Crippen LogP contribution in [0.2, 0.25) is 0 Å². The van der Waals surface area contributed by atoms with Crippen molar-refractivity contribution in [2.75, 3.05) is 38.7 Å². The summed E-state index contributed by atoms with van der Waals surface area (Å²) in [4.78, 5) is 38.4. The van der Waals surface area contributed by atoms with Crippen molar-refractivity contribution in [3.8, 4) is 17.0 Å². The highest BCUT2D eigenvalue weighted by Crippen LogP contribution is 2.33. The van der Waals surface area contributed by atoms with E-state index in [0.717, 1.165) is 23.9 Å². The van der Waals surface area contributed by atoms with E-state index in [0.29, 0.717) is 36.8 Å². The minimum atomic E-state index is -0.548. The van der Waals surface area contributed by atoms with Gasteiger partial charge in [0.1, 0.15) is 12.3 Å². The Morgan fingerprint density at radius 1 is 1.28 bits per heavy atom. The summed E-state index contributed by atoms with van der Waals surface area (Å²) in [6.45, 7) is 4.52. The number of aryl methyl sites for hydroxylation is 2. The van der Waals surface area contributed by atoms with Gasteiger partial charge in [0.2, 0.25) is 5.88 Å². The molecule has 1 fully saturated rings. The lowest BCUT2D eigenvalue weighted by atomic mass is 9.90. The number of halogens is 1. The van der Waals surface area contributed by atoms with E-state index in [1.807, 2.05) is 0 Å². The van der Waals surface area contributed by atoms with Crippen molar-refractivity contribution in [3.05, 3.63) is 67.2 Å². The quantitative estimate of drug-likeness (QED) is 0.221. The first-order chi connectivity index (χ1) is 18.5. The lowest BCUT2D eigenvalue weighted by Crippen LogP contribution is -2.51. The molecule has 208 valence electrons. The smallest absolute Gasteiger partial charge is 0.339 e. The number of likely N-dealkylation sites (tertiary alicyclic amines) is 1. The Balaban J connectivity index is 1.46. The van der Waals surface area contributed by atoms with Crippen LogP contribution in [-0.4, -0.2) is 69.0 Å². The third-order valence-corrected chi connectivity index (χ3v) is 7.29. The number of carbonyl (C=O) groups excluding carboxylic acids is 1. The number of esters is 1. The van der Waals surface area contributed by atoms with Gasteiger partial charge in [0.05, 0.1) is 34.9 Å². The number of hydrogen-bond donors (Lipinski definition) is 1. The number of carbonyl (C=O) groups is 1. The van der Waals surface area contributed by atoms with E-state index in [1.54, 1.807) is 37.1 Å². The number of benzene rings is 1. The molecule has 0 amide bonds. The van der Waals surface area contributed by atoms with E-state index in [4.69, 9.17) is 9.47 Å². The van der Waals surface area contributed by atoms with Crippen molar-refractivity contribution in [2.45, 2.75) is 25.3 Å². The maximum Gasteiger partial charge on any atom is 0.339 e. The number of pyridine rings is 1. The number of ether oxygens (including phenoxy) is 2. The van der Waals surface area contributed by atoms with Gasteiger partial charge < -0.3 is 19.4 Å². The van der Waals surface area contributed by atoms with Crippen LogP contribution in [0, 0.1) is 10.1 Å². The van der Waals surface area contributed by atoms with E-state index in [1.165, 1.54) is 30.0 Å². The van der Waals surface area contributed by atoms with Crippen molar-refractivity contribution in [1.29, 1.82) is 0 Å².